The van der Waals surface area contributed by atoms with Crippen molar-refractivity contribution in [1.82, 2.24) is 19.7 Å². The van der Waals surface area contributed by atoms with Crippen LogP contribution in [0.2, 0.25) is 0 Å². The zero-order chi connectivity index (χ0) is 15.8. The van der Waals surface area contributed by atoms with Gasteiger partial charge >= 0.3 is 0 Å². The average Bonchev–Trinajstić information content (AvgIpc) is 3.18. The maximum atomic E-state index is 12.9. The van der Waals surface area contributed by atoms with E-state index in [9.17, 15) is 4.79 Å². The number of para-hydroxylation sites is 1. The van der Waals surface area contributed by atoms with E-state index in [1.54, 1.807) is 4.90 Å². The highest BCUT2D eigenvalue weighted by atomic mass is 16.5. The molecule has 0 fully saturated rings. The number of nitrogens with zero attached hydrogens (tertiary/aromatic N) is 4. The second-order valence-corrected chi connectivity index (χ2v) is 6.21. The van der Waals surface area contributed by atoms with Gasteiger partial charge in [0, 0.05) is 25.6 Å². The van der Waals surface area contributed by atoms with E-state index in [2.05, 4.69) is 14.8 Å². The highest BCUT2D eigenvalue weighted by Gasteiger charge is 2.30. The SMILES string of the molecule is CN(Cc1nnc2n1CCC2)C(=O)C1CCOc2ccccc21. The Labute approximate surface area is 135 Å². The van der Waals surface area contributed by atoms with E-state index < -0.39 is 0 Å². The maximum Gasteiger partial charge on any atom is 0.230 e. The lowest BCUT2D eigenvalue weighted by Crippen LogP contribution is -2.34. The molecule has 6 nitrogen and oxygen atoms in total. The highest BCUT2D eigenvalue weighted by Crippen LogP contribution is 2.34. The van der Waals surface area contributed by atoms with Crippen LogP contribution in [0.1, 0.15) is 36.0 Å². The third-order valence-electron chi connectivity index (χ3n) is 4.70. The van der Waals surface area contributed by atoms with Gasteiger partial charge in [0.25, 0.3) is 0 Å². The van der Waals surface area contributed by atoms with Crippen molar-refractivity contribution >= 4 is 5.91 Å². The predicted molar refractivity (Wildman–Crippen MR) is 84.1 cm³/mol. The molecule has 4 rings (SSSR count). The monoisotopic (exact) mass is 312 g/mol. The Bertz CT molecular complexity index is 740. The van der Waals surface area contributed by atoms with Gasteiger partial charge in [-0.15, -0.1) is 10.2 Å². The molecule has 1 aromatic carbocycles. The Hall–Kier alpha value is -2.37. The molecular formula is C17H20N4O2. The molecule has 0 saturated heterocycles. The lowest BCUT2D eigenvalue weighted by atomic mass is 9.92. The van der Waals surface area contributed by atoms with Gasteiger partial charge in [0.2, 0.25) is 5.91 Å². The molecule has 6 heteroatoms. The lowest BCUT2D eigenvalue weighted by Gasteiger charge is -2.28. The molecule has 1 unspecified atom stereocenters. The van der Waals surface area contributed by atoms with Crippen LogP contribution < -0.4 is 4.74 Å². The summed E-state index contributed by atoms with van der Waals surface area (Å²) in [6.45, 7) is 2.05. The van der Waals surface area contributed by atoms with Crippen LogP contribution in [0.3, 0.4) is 0 Å². The van der Waals surface area contributed by atoms with Gasteiger partial charge in [0.1, 0.15) is 11.6 Å². The molecule has 1 aromatic heterocycles. The van der Waals surface area contributed by atoms with Gasteiger partial charge < -0.3 is 14.2 Å². The summed E-state index contributed by atoms with van der Waals surface area (Å²) < 4.78 is 7.79. The van der Waals surface area contributed by atoms with Gasteiger partial charge in [-0.2, -0.15) is 0 Å². The molecule has 2 aliphatic heterocycles. The van der Waals surface area contributed by atoms with Crippen molar-refractivity contribution in [3.05, 3.63) is 41.5 Å². The molecule has 0 saturated carbocycles. The second-order valence-electron chi connectivity index (χ2n) is 6.21. The Kier molecular flexibility index (Phi) is 3.52. The zero-order valence-electron chi connectivity index (χ0n) is 13.2. The fourth-order valence-electron chi connectivity index (χ4n) is 3.48. The molecule has 0 radical (unpaired) electrons. The van der Waals surface area contributed by atoms with Crippen molar-refractivity contribution in [3.8, 4) is 5.75 Å². The fraction of sp³-hybridized carbons (Fsp3) is 0.471. The standard InChI is InChI=1S/C17H20N4O2/c1-20(11-16-19-18-15-7-4-9-21(15)16)17(22)13-8-10-23-14-6-3-2-5-12(13)14/h2-3,5-6,13H,4,7-11H2,1H3. The molecule has 0 aliphatic carbocycles. The molecule has 1 amide bonds. The zero-order valence-corrected chi connectivity index (χ0v) is 13.2. The van der Waals surface area contributed by atoms with Crippen LogP contribution in [0.5, 0.6) is 5.75 Å². The number of benzene rings is 1. The molecule has 0 bridgehead atoms. The molecule has 2 aliphatic rings. The van der Waals surface area contributed by atoms with E-state index in [4.69, 9.17) is 4.74 Å². The van der Waals surface area contributed by atoms with Crippen LogP contribution in [0, 0.1) is 0 Å². The molecule has 3 heterocycles. The number of hydrogen-bond donors (Lipinski definition) is 0. The first-order chi connectivity index (χ1) is 11.2. The van der Waals surface area contributed by atoms with Gasteiger partial charge in [-0.25, -0.2) is 0 Å². The number of fused-ring (bicyclic) bond motifs is 2. The third-order valence-corrected chi connectivity index (χ3v) is 4.70. The van der Waals surface area contributed by atoms with Gasteiger partial charge in [-0.1, -0.05) is 18.2 Å². The maximum absolute atomic E-state index is 12.9. The Morgan fingerprint density at radius 2 is 2.26 bits per heavy atom. The molecule has 0 spiro atoms. The van der Waals surface area contributed by atoms with Crippen LogP contribution in [0.15, 0.2) is 24.3 Å². The van der Waals surface area contributed by atoms with Crippen LogP contribution in [-0.2, 0) is 24.3 Å². The first kappa shape index (κ1) is 14.2. The number of ether oxygens (including phenoxy) is 1. The van der Waals surface area contributed by atoms with Crippen molar-refractivity contribution in [3.63, 3.8) is 0 Å². The Morgan fingerprint density at radius 3 is 3.17 bits per heavy atom. The number of rotatable bonds is 3. The van der Waals surface area contributed by atoms with Gasteiger partial charge in [-0.05, 0) is 18.9 Å². The second kappa shape index (κ2) is 5.68. The quantitative estimate of drug-likeness (QED) is 0.866. The summed E-state index contributed by atoms with van der Waals surface area (Å²) in [4.78, 5) is 14.7. The number of carbonyl (C=O) groups is 1. The van der Waals surface area contributed by atoms with Crippen molar-refractivity contribution < 1.29 is 9.53 Å². The molecule has 120 valence electrons. The molecular weight excluding hydrogens is 292 g/mol. The van der Waals surface area contributed by atoms with Gasteiger partial charge in [-0.3, -0.25) is 4.79 Å². The van der Waals surface area contributed by atoms with Crippen LogP contribution in [0.25, 0.3) is 0 Å². The van der Waals surface area contributed by atoms with E-state index in [0.29, 0.717) is 13.2 Å². The topological polar surface area (TPSA) is 60.2 Å². The van der Waals surface area contributed by atoms with E-state index in [-0.39, 0.29) is 11.8 Å². The summed E-state index contributed by atoms with van der Waals surface area (Å²) in [5.74, 6) is 2.74. The fourth-order valence-corrected chi connectivity index (χ4v) is 3.48. The van der Waals surface area contributed by atoms with E-state index in [0.717, 1.165) is 48.8 Å². The van der Waals surface area contributed by atoms with Crippen LogP contribution in [0.4, 0.5) is 0 Å². The summed E-state index contributed by atoms with van der Waals surface area (Å²) >= 11 is 0. The van der Waals surface area contributed by atoms with Crippen LogP contribution in [-0.4, -0.2) is 39.2 Å². The summed E-state index contributed by atoms with van der Waals surface area (Å²) in [6.07, 6.45) is 2.82. The predicted octanol–water partition coefficient (Wildman–Crippen LogP) is 1.75. The number of likely N-dealkylation sites (N-methyl/N-ethyl adjacent to an activating group) is 1. The number of aryl methyl sites for hydroxylation is 1. The lowest BCUT2D eigenvalue weighted by molar-refractivity contribution is -0.132. The minimum atomic E-state index is -0.133. The number of hydrogen-bond acceptors (Lipinski definition) is 4. The Balaban J connectivity index is 1.53. The van der Waals surface area contributed by atoms with Crippen molar-refractivity contribution in [2.45, 2.75) is 38.3 Å². The first-order valence-corrected chi connectivity index (χ1v) is 8.11. The largest absolute Gasteiger partial charge is 0.493 e. The van der Waals surface area contributed by atoms with Crippen molar-refractivity contribution in [2.24, 2.45) is 0 Å². The molecule has 23 heavy (non-hydrogen) atoms. The van der Waals surface area contributed by atoms with E-state index >= 15 is 0 Å². The summed E-state index contributed by atoms with van der Waals surface area (Å²) in [5.41, 5.74) is 0.988. The Morgan fingerprint density at radius 1 is 1.39 bits per heavy atom. The van der Waals surface area contributed by atoms with Gasteiger partial charge in [0.15, 0.2) is 5.82 Å². The van der Waals surface area contributed by atoms with E-state index in [1.807, 2.05) is 31.3 Å². The number of carbonyl (C=O) groups excluding carboxylic acids is 1. The highest BCUT2D eigenvalue weighted by molar-refractivity contribution is 5.84. The number of aromatic nitrogens is 3. The smallest absolute Gasteiger partial charge is 0.230 e. The van der Waals surface area contributed by atoms with Gasteiger partial charge in [0.05, 0.1) is 19.1 Å². The van der Waals surface area contributed by atoms with Crippen molar-refractivity contribution in [1.29, 1.82) is 0 Å². The minimum absolute atomic E-state index is 0.121. The normalized spacial score (nSPS) is 18.9. The summed E-state index contributed by atoms with van der Waals surface area (Å²) in [6, 6.07) is 7.81. The molecule has 2 aromatic rings. The van der Waals surface area contributed by atoms with Crippen LogP contribution >= 0.6 is 0 Å². The first-order valence-electron chi connectivity index (χ1n) is 8.11. The average molecular weight is 312 g/mol. The molecule has 0 N–H and O–H groups in total. The summed E-state index contributed by atoms with van der Waals surface area (Å²) in [5, 5.41) is 8.46. The molecule has 1 atom stereocenters. The summed E-state index contributed by atoms with van der Waals surface area (Å²) in [7, 11) is 1.84. The minimum Gasteiger partial charge on any atom is -0.493 e. The number of amides is 1. The van der Waals surface area contributed by atoms with Crippen molar-refractivity contribution in [2.75, 3.05) is 13.7 Å². The van der Waals surface area contributed by atoms with E-state index in [1.165, 1.54) is 0 Å². The third kappa shape index (κ3) is 2.48.